The van der Waals surface area contributed by atoms with E-state index in [0.29, 0.717) is 32.6 Å². The van der Waals surface area contributed by atoms with Gasteiger partial charge in [-0.25, -0.2) is 9.00 Å². The minimum atomic E-state index is -1.53. The third-order valence-electron chi connectivity index (χ3n) is 4.99. The first kappa shape index (κ1) is 25.0. The van der Waals surface area contributed by atoms with Crippen LogP contribution in [0.1, 0.15) is 26.2 Å². The monoisotopic (exact) mass is 490 g/mol. The van der Waals surface area contributed by atoms with Crippen LogP contribution in [0, 0.1) is 0 Å². The number of ether oxygens (including phenoxy) is 4. The maximum Gasteiger partial charge on any atom is 0.337 e. The predicted octanol–water partition coefficient (Wildman–Crippen LogP) is 5.79. The van der Waals surface area contributed by atoms with Crippen LogP contribution >= 0.6 is 11.6 Å². The van der Waals surface area contributed by atoms with E-state index in [2.05, 4.69) is 6.92 Å². The van der Waals surface area contributed by atoms with Gasteiger partial charge >= 0.3 is 5.97 Å². The summed E-state index contributed by atoms with van der Waals surface area (Å²) in [5, 5.41) is 1.71. The lowest BCUT2D eigenvalue weighted by Crippen LogP contribution is -2.17. The first-order chi connectivity index (χ1) is 16.0. The molecule has 0 saturated carbocycles. The smallest absolute Gasteiger partial charge is 0.337 e. The summed E-state index contributed by atoms with van der Waals surface area (Å²) >= 11 is 6.24. The Hall–Kier alpha value is -2.61. The summed E-state index contributed by atoms with van der Waals surface area (Å²) in [6.45, 7) is 2.40. The molecule has 0 bridgehead atoms. The predicted molar refractivity (Wildman–Crippen MR) is 129 cm³/mol. The van der Waals surface area contributed by atoms with Gasteiger partial charge < -0.3 is 18.9 Å². The fourth-order valence-electron chi connectivity index (χ4n) is 3.34. The van der Waals surface area contributed by atoms with Crippen molar-refractivity contribution in [1.29, 1.82) is 0 Å². The van der Waals surface area contributed by atoms with Crippen LogP contribution in [0.2, 0.25) is 5.02 Å². The molecule has 3 aromatic rings. The second-order valence-corrected chi connectivity index (χ2v) is 9.11. The van der Waals surface area contributed by atoms with Crippen molar-refractivity contribution in [3.05, 3.63) is 53.6 Å². The normalized spacial score (nSPS) is 11.9. The molecule has 0 aliphatic heterocycles. The van der Waals surface area contributed by atoms with Gasteiger partial charge in [0.2, 0.25) is 5.75 Å². The molecule has 0 radical (unpaired) electrons. The molecule has 0 aliphatic carbocycles. The topological polar surface area (TPSA) is 71.1 Å². The summed E-state index contributed by atoms with van der Waals surface area (Å²) in [6.07, 6.45) is 2.99. The lowest BCUT2D eigenvalue weighted by atomic mass is 10.1. The van der Waals surface area contributed by atoms with Gasteiger partial charge in [-0.2, -0.15) is 0 Å². The number of hydrogen-bond donors (Lipinski definition) is 0. The van der Waals surface area contributed by atoms with Gasteiger partial charge in [-0.3, -0.25) is 0 Å². The number of fused-ring (bicyclic) bond motifs is 1. The van der Waals surface area contributed by atoms with Crippen molar-refractivity contribution in [2.24, 2.45) is 0 Å². The van der Waals surface area contributed by atoms with Crippen molar-refractivity contribution >= 4 is 39.1 Å². The molecule has 3 rings (SSSR count). The second-order valence-electron chi connectivity index (χ2n) is 7.26. The minimum absolute atomic E-state index is 0.184. The first-order valence-corrected chi connectivity index (χ1v) is 12.2. The molecule has 0 fully saturated rings. The Bertz CT molecular complexity index is 1150. The number of rotatable bonds is 11. The molecule has 0 aliphatic rings. The Labute approximate surface area is 201 Å². The summed E-state index contributed by atoms with van der Waals surface area (Å²) < 4.78 is 35.2. The number of hydrogen-bond acceptors (Lipinski definition) is 6. The summed E-state index contributed by atoms with van der Waals surface area (Å²) in [4.78, 5) is 13.5. The summed E-state index contributed by atoms with van der Waals surface area (Å²) in [5.74, 6) is 0.311. The van der Waals surface area contributed by atoms with E-state index < -0.39 is 16.8 Å². The van der Waals surface area contributed by atoms with Gasteiger partial charge in [0, 0.05) is 16.9 Å². The molecule has 0 saturated heterocycles. The molecule has 6 nitrogen and oxygen atoms in total. The van der Waals surface area contributed by atoms with Crippen LogP contribution in [0.4, 0.5) is 0 Å². The molecule has 1 unspecified atom stereocenters. The molecule has 3 aromatic carbocycles. The number of unbranched alkanes of at least 4 members (excludes halogenated alkanes) is 2. The van der Waals surface area contributed by atoms with Gasteiger partial charge in [-0.15, -0.1) is 0 Å². The highest BCUT2D eigenvalue weighted by atomic mass is 35.5. The maximum absolute atomic E-state index is 13.2. The van der Waals surface area contributed by atoms with E-state index in [4.69, 9.17) is 30.5 Å². The molecule has 8 heteroatoms. The zero-order chi connectivity index (χ0) is 23.8. The van der Waals surface area contributed by atoms with Gasteiger partial charge in [0.1, 0.15) is 6.61 Å². The van der Waals surface area contributed by atoms with E-state index in [9.17, 15) is 9.00 Å². The van der Waals surface area contributed by atoms with Crippen LogP contribution in [0.15, 0.2) is 58.3 Å². The van der Waals surface area contributed by atoms with Gasteiger partial charge in [-0.05, 0) is 42.1 Å². The van der Waals surface area contributed by atoms with E-state index in [1.54, 1.807) is 48.5 Å². The summed E-state index contributed by atoms with van der Waals surface area (Å²) in [6, 6.07) is 14.0. The average molecular weight is 491 g/mol. The Morgan fingerprint density at radius 3 is 2.48 bits per heavy atom. The van der Waals surface area contributed by atoms with Gasteiger partial charge in [-0.1, -0.05) is 49.6 Å². The van der Waals surface area contributed by atoms with Crippen molar-refractivity contribution in [3.8, 4) is 17.2 Å². The largest absolute Gasteiger partial charge is 0.493 e. The van der Waals surface area contributed by atoms with Crippen LogP contribution < -0.4 is 14.2 Å². The van der Waals surface area contributed by atoms with E-state index in [-0.39, 0.29) is 18.1 Å². The SMILES string of the molecule is CCCCCOCC(=O)Oc1c(OC)c(OC)cc2ccc(S(=O)c3ccccc3Cl)cc12. The Balaban J connectivity index is 1.98. The third kappa shape index (κ3) is 6.05. The van der Waals surface area contributed by atoms with Crippen LogP contribution in [-0.2, 0) is 20.3 Å². The summed E-state index contributed by atoms with van der Waals surface area (Å²) in [7, 11) is 1.44. The van der Waals surface area contributed by atoms with Crippen molar-refractivity contribution in [3.63, 3.8) is 0 Å². The van der Waals surface area contributed by atoms with Crippen molar-refractivity contribution in [2.75, 3.05) is 27.4 Å². The number of benzene rings is 3. The molecular formula is C25H27ClO6S. The fourth-order valence-corrected chi connectivity index (χ4v) is 4.80. The van der Waals surface area contributed by atoms with Crippen molar-refractivity contribution < 1.29 is 28.0 Å². The van der Waals surface area contributed by atoms with Crippen LogP contribution in [0.25, 0.3) is 10.8 Å². The fraction of sp³-hybridized carbons (Fsp3) is 0.320. The maximum atomic E-state index is 13.2. The van der Waals surface area contributed by atoms with Crippen LogP contribution in [-0.4, -0.2) is 37.6 Å². The highest BCUT2D eigenvalue weighted by Gasteiger charge is 2.21. The molecule has 176 valence electrons. The molecule has 0 amide bonds. The quantitative estimate of drug-likeness (QED) is 0.192. The van der Waals surface area contributed by atoms with E-state index >= 15 is 0 Å². The molecule has 0 heterocycles. The van der Waals surface area contributed by atoms with E-state index in [1.165, 1.54) is 14.2 Å². The Kier molecular flexibility index (Phi) is 9.11. The van der Waals surface area contributed by atoms with Gasteiger partial charge in [0.05, 0.1) is 34.9 Å². The van der Waals surface area contributed by atoms with Gasteiger partial charge in [0.15, 0.2) is 11.5 Å². The molecule has 1 atom stereocenters. The third-order valence-corrected chi connectivity index (χ3v) is 6.87. The minimum Gasteiger partial charge on any atom is -0.493 e. The highest BCUT2D eigenvalue weighted by Crippen LogP contribution is 2.44. The Morgan fingerprint density at radius 2 is 1.79 bits per heavy atom. The zero-order valence-corrected chi connectivity index (χ0v) is 20.5. The lowest BCUT2D eigenvalue weighted by Gasteiger charge is -2.16. The first-order valence-electron chi connectivity index (χ1n) is 10.6. The lowest BCUT2D eigenvalue weighted by molar-refractivity contribution is -0.139. The molecule has 0 N–H and O–H groups in total. The highest BCUT2D eigenvalue weighted by molar-refractivity contribution is 7.85. The number of methoxy groups -OCH3 is 2. The average Bonchev–Trinajstić information content (AvgIpc) is 2.83. The number of carbonyl (C=O) groups excluding carboxylic acids is 1. The standard InChI is InChI=1S/C25H27ClO6S/c1-4-5-8-13-31-16-23(27)32-24-19-15-18(33(28)22-10-7-6-9-20(22)26)12-11-17(19)14-21(29-2)25(24)30-3/h6-7,9-12,14-15H,4-5,8,13,16H2,1-3H3. The van der Waals surface area contributed by atoms with Crippen molar-refractivity contribution in [2.45, 2.75) is 36.0 Å². The number of esters is 1. The van der Waals surface area contributed by atoms with Gasteiger partial charge in [0.25, 0.3) is 0 Å². The number of halogens is 1. The Morgan fingerprint density at radius 1 is 1.00 bits per heavy atom. The number of carbonyl (C=O) groups is 1. The van der Waals surface area contributed by atoms with Crippen molar-refractivity contribution in [1.82, 2.24) is 0 Å². The second kappa shape index (κ2) is 12.0. The molecule has 0 spiro atoms. The van der Waals surface area contributed by atoms with E-state index in [0.717, 1.165) is 24.6 Å². The van der Waals surface area contributed by atoms with Crippen LogP contribution in [0.5, 0.6) is 17.2 Å². The van der Waals surface area contributed by atoms with Crippen LogP contribution in [0.3, 0.4) is 0 Å². The molecule has 0 aromatic heterocycles. The summed E-state index contributed by atoms with van der Waals surface area (Å²) in [5.41, 5.74) is 0. The molecular weight excluding hydrogens is 464 g/mol. The zero-order valence-electron chi connectivity index (χ0n) is 18.9. The van der Waals surface area contributed by atoms with E-state index in [1.807, 2.05) is 0 Å². The molecule has 33 heavy (non-hydrogen) atoms.